The molecule has 1 aliphatic heterocycles. The molecule has 6 nitrogen and oxygen atoms in total. The van der Waals surface area contributed by atoms with Gasteiger partial charge in [-0.1, -0.05) is 0 Å². The summed E-state index contributed by atoms with van der Waals surface area (Å²) in [6.07, 6.45) is 5.40. The van der Waals surface area contributed by atoms with Crippen LogP contribution < -0.4 is 4.90 Å². The van der Waals surface area contributed by atoms with Crippen LogP contribution in [0.4, 0.5) is 5.69 Å². The van der Waals surface area contributed by atoms with E-state index in [1.807, 2.05) is 0 Å². The Bertz CT molecular complexity index is 643. The van der Waals surface area contributed by atoms with Gasteiger partial charge in [-0.2, -0.15) is 0 Å². The van der Waals surface area contributed by atoms with E-state index in [-0.39, 0.29) is 41.6 Å². The third-order valence-corrected chi connectivity index (χ3v) is 3.13. The average Bonchev–Trinajstić information content (AvgIpc) is 2.79. The molecular formula is C14H11NO5. The van der Waals surface area contributed by atoms with Crippen molar-refractivity contribution in [3.63, 3.8) is 0 Å². The maximum atomic E-state index is 11.9. The number of amides is 1. The normalized spacial score (nSPS) is 17.9. The summed E-state index contributed by atoms with van der Waals surface area (Å²) in [5.41, 5.74) is -0.136. The number of carboxylic acids is 2. The minimum atomic E-state index is -1.23. The van der Waals surface area contributed by atoms with Crippen molar-refractivity contribution in [1.82, 2.24) is 0 Å². The van der Waals surface area contributed by atoms with Crippen LogP contribution in [-0.2, 0) is 4.79 Å². The molecule has 1 heterocycles. The van der Waals surface area contributed by atoms with Crippen LogP contribution in [0.3, 0.4) is 0 Å². The lowest BCUT2D eigenvalue weighted by atomic mass is 10.1. The predicted molar refractivity (Wildman–Crippen MR) is 69.7 cm³/mol. The summed E-state index contributed by atoms with van der Waals surface area (Å²) < 4.78 is 0. The Morgan fingerprint density at radius 3 is 2.50 bits per heavy atom. The summed E-state index contributed by atoms with van der Waals surface area (Å²) in [5, 5.41) is 18.1. The monoisotopic (exact) mass is 273 g/mol. The second-order valence-corrected chi connectivity index (χ2v) is 4.41. The zero-order valence-electron chi connectivity index (χ0n) is 10.4. The standard InChI is InChI=1S/C14H11NO5/c1-2-8-5-12(16)15(7-8)11-6-9(13(17)18)3-4-10(11)14(19)20/h1,3-4,6,8H,5,7H2,(H,17,18)(H,19,20). The molecule has 1 unspecified atom stereocenters. The molecule has 0 saturated carbocycles. The zero-order chi connectivity index (χ0) is 14.9. The molecule has 1 aliphatic rings. The van der Waals surface area contributed by atoms with E-state index in [0.717, 1.165) is 0 Å². The first-order chi connectivity index (χ1) is 9.43. The second-order valence-electron chi connectivity index (χ2n) is 4.41. The molecule has 1 aromatic carbocycles. The van der Waals surface area contributed by atoms with Gasteiger partial charge in [-0.3, -0.25) is 4.79 Å². The summed E-state index contributed by atoms with van der Waals surface area (Å²) in [6.45, 7) is 0.193. The Kier molecular flexibility index (Phi) is 3.44. The fourth-order valence-corrected chi connectivity index (χ4v) is 2.12. The highest BCUT2D eigenvalue weighted by molar-refractivity contribution is 6.05. The van der Waals surface area contributed by atoms with Gasteiger partial charge in [-0.25, -0.2) is 9.59 Å². The lowest BCUT2D eigenvalue weighted by Gasteiger charge is -2.18. The molecular weight excluding hydrogens is 262 g/mol. The number of rotatable bonds is 3. The van der Waals surface area contributed by atoms with Gasteiger partial charge in [0.1, 0.15) is 0 Å². The van der Waals surface area contributed by atoms with Crippen LogP contribution >= 0.6 is 0 Å². The highest BCUT2D eigenvalue weighted by Crippen LogP contribution is 2.29. The fourth-order valence-electron chi connectivity index (χ4n) is 2.12. The maximum absolute atomic E-state index is 11.9. The Hall–Kier alpha value is -2.81. The van der Waals surface area contributed by atoms with Crippen LogP contribution in [0.2, 0.25) is 0 Å². The molecule has 6 heteroatoms. The molecule has 1 aromatic rings. The molecule has 0 aromatic heterocycles. The van der Waals surface area contributed by atoms with Crippen molar-refractivity contribution in [3.05, 3.63) is 29.3 Å². The van der Waals surface area contributed by atoms with Gasteiger partial charge in [0.2, 0.25) is 5.91 Å². The first-order valence-corrected chi connectivity index (χ1v) is 5.81. The van der Waals surface area contributed by atoms with Gasteiger partial charge in [0.05, 0.1) is 16.8 Å². The molecule has 0 spiro atoms. The molecule has 2 N–H and O–H groups in total. The number of anilines is 1. The molecule has 1 saturated heterocycles. The zero-order valence-corrected chi connectivity index (χ0v) is 10.4. The molecule has 0 radical (unpaired) electrons. The summed E-state index contributed by atoms with van der Waals surface area (Å²) in [7, 11) is 0. The number of carbonyl (C=O) groups excluding carboxylic acids is 1. The molecule has 1 fully saturated rings. The summed E-state index contributed by atoms with van der Waals surface area (Å²) in [5.74, 6) is -0.567. The van der Waals surface area contributed by atoms with Gasteiger partial charge in [0.25, 0.3) is 0 Å². The van der Waals surface area contributed by atoms with Crippen molar-refractivity contribution in [3.8, 4) is 12.3 Å². The van der Waals surface area contributed by atoms with Crippen molar-refractivity contribution in [1.29, 1.82) is 0 Å². The van der Waals surface area contributed by atoms with Crippen LogP contribution in [0.25, 0.3) is 0 Å². The van der Waals surface area contributed by atoms with E-state index in [0.29, 0.717) is 0 Å². The maximum Gasteiger partial charge on any atom is 0.337 e. The van der Waals surface area contributed by atoms with E-state index in [4.69, 9.17) is 16.6 Å². The fraction of sp³-hybridized carbons (Fsp3) is 0.214. The molecule has 0 aliphatic carbocycles. The number of terminal acetylenes is 1. The second kappa shape index (κ2) is 5.05. The summed E-state index contributed by atoms with van der Waals surface area (Å²) in [4.78, 5) is 35.3. The van der Waals surface area contributed by atoms with Gasteiger partial charge in [0, 0.05) is 18.9 Å². The van der Waals surface area contributed by atoms with Crippen molar-refractivity contribution >= 4 is 23.5 Å². The summed E-state index contributed by atoms with van der Waals surface area (Å²) in [6, 6.07) is 3.55. The third-order valence-electron chi connectivity index (χ3n) is 3.13. The molecule has 20 heavy (non-hydrogen) atoms. The topological polar surface area (TPSA) is 94.9 Å². The van der Waals surface area contributed by atoms with Crippen LogP contribution in [0.1, 0.15) is 27.1 Å². The molecule has 1 atom stereocenters. The van der Waals surface area contributed by atoms with Crippen molar-refractivity contribution in [2.24, 2.45) is 5.92 Å². The quantitative estimate of drug-likeness (QED) is 0.803. The van der Waals surface area contributed by atoms with Crippen LogP contribution in [-0.4, -0.2) is 34.6 Å². The largest absolute Gasteiger partial charge is 0.478 e. The predicted octanol–water partition coefficient (Wildman–Crippen LogP) is 1.07. The molecule has 102 valence electrons. The first kappa shape index (κ1) is 13.6. The minimum absolute atomic E-state index is 0.0696. The number of aromatic carboxylic acids is 2. The van der Waals surface area contributed by atoms with Crippen LogP contribution in [0.15, 0.2) is 18.2 Å². The van der Waals surface area contributed by atoms with Crippen LogP contribution in [0.5, 0.6) is 0 Å². The number of nitrogens with zero attached hydrogens (tertiary/aromatic N) is 1. The van der Waals surface area contributed by atoms with Gasteiger partial charge in [-0.15, -0.1) is 12.3 Å². The van der Waals surface area contributed by atoms with E-state index >= 15 is 0 Å². The highest BCUT2D eigenvalue weighted by Gasteiger charge is 2.32. The number of benzene rings is 1. The van der Waals surface area contributed by atoms with E-state index in [1.165, 1.54) is 23.1 Å². The Balaban J connectivity index is 2.51. The van der Waals surface area contributed by atoms with Gasteiger partial charge < -0.3 is 15.1 Å². The smallest absolute Gasteiger partial charge is 0.337 e. The van der Waals surface area contributed by atoms with Crippen molar-refractivity contribution in [2.75, 3.05) is 11.4 Å². The third kappa shape index (κ3) is 2.34. The van der Waals surface area contributed by atoms with E-state index in [9.17, 15) is 14.4 Å². The van der Waals surface area contributed by atoms with Gasteiger partial charge in [0.15, 0.2) is 0 Å². The highest BCUT2D eigenvalue weighted by atomic mass is 16.4. The van der Waals surface area contributed by atoms with Crippen molar-refractivity contribution in [2.45, 2.75) is 6.42 Å². The number of carbonyl (C=O) groups is 3. The molecule has 1 amide bonds. The van der Waals surface area contributed by atoms with E-state index < -0.39 is 11.9 Å². The minimum Gasteiger partial charge on any atom is -0.478 e. The lowest BCUT2D eigenvalue weighted by molar-refractivity contribution is -0.117. The first-order valence-electron chi connectivity index (χ1n) is 5.81. The molecule has 0 bridgehead atoms. The van der Waals surface area contributed by atoms with E-state index in [1.54, 1.807) is 0 Å². The SMILES string of the molecule is C#CC1CC(=O)N(c2cc(C(=O)O)ccc2C(=O)O)C1. The number of carboxylic acid groups (broad SMARTS) is 2. The lowest BCUT2D eigenvalue weighted by Crippen LogP contribution is -2.26. The van der Waals surface area contributed by atoms with Crippen LogP contribution in [0, 0.1) is 18.3 Å². The Morgan fingerprint density at radius 2 is 2.00 bits per heavy atom. The number of hydrogen-bond acceptors (Lipinski definition) is 3. The Morgan fingerprint density at radius 1 is 1.30 bits per heavy atom. The van der Waals surface area contributed by atoms with E-state index in [2.05, 4.69) is 5.92 Å². The summed E-state index contributed by atoms with van der Waals surface area (Å²) >= 11 is 0. The van der Waals surface area contributed by atoms with Crippen molar-refractivity contribution < 1.29 is 24.6 Å². The molecule has 2 rings (SSSR count). The number of hydrogen-bond donors (Lipinski definition) is 2. The average molecular weight is 273 g/mol. The Labute approximate surface area is 114 Å². The van der Waals surface area contributed by atoms with Gasteiger partial charge in [-0.05, 0) is 18.2 Å². The van der Waals surface area contributed by atoms with Gasteiger partial charge >= 0.3 is 11.9 Å².